The van der Waals surface area contributed by atoms with Crippen molar-refractivity contribution < 1.29 is 19.6 Å². The largest absolute Gasteiger partial charge is 0.488 e. The number of hydrogen-bond donors (Lipinski definition) is 2. The van der Waals surface area contributed by atoms with Crippen LogP contribution in [0.25, 0.3) is 0 Å². The molecular formula is C25H35BN4O4. The number of nitrogens with zero attached hydrogens (tertiary/aromatic N) is 4. The number of benzene rings is 1. The van der Waals surface area contributed by atoms with Gasteiger partial charge in [-0.3, -0.25) is 4.90 Å². The molecule has 2 aromatic rings. The molecule has 0 radical (unpaired) electrons. The second-order valence-corrected chi connectivity index (χ2v) is 9.59. The summed E-state index contributed by atoms with van der Waals surface area (Å²) in [7, 11) is -1.49. The van der Waals surface area contributed by atoms with E-state index in [0.29, 0.717) is 30.1 Å². The number of amides is 1. The van der Waals surface area contributed by atoms with E-state index >= 15 is 0 Å². The molecule has 2 atom stereocenters. The lowest BCUT2D eigenvalue weighted by Gasteiger charge is -2.47. The maximum Gasteiger partial charge on any atom is 0.488 e. The van der Waals surface area contributed by atoms with Crippen LogP contribution in [0.1, 0.15) is 32.3 Å². The number of anilines is 1. The van der Waals surface area contributed by atoms with Crippen LogP contribution in [0.3, 0.4) is 0 Å². The molecule has 2 aliphatic heterocycles. The van der Waals surface area contributed by atoms with E-state index in [1.165, 1.54) is 0 Å². The summed E-state index contributed by atoms with van der Waals surface area (Å²) in [5.41, 5.74) is 1.46. The highest BCUT2D eigenvalue weighted by molar-refractivity contribution is 6.58. The number of piperazine rings is 1. The van der Waals surface area contributed by atoms with Crippen LogP contribution in [0, 0.1) is 5.92 Å². The van der Waals surface area contributed by atoms with Crippen LogP contribution in [-0.2, 0) is 11.3 Å². The van der Waals surface area contributed by atoms with Crippen molar-refractivity contribution in [3.05, 3.63) is 54.2 Å². The number of aromatic nitrogens is 1. The molecule has 0 spiro atoms. The van der Waals surface area contributed by atoms with Gasteiger partial charge >= 0.3 is 13.2 Å². The fourth-order valence-corrected chi connectivity index (χ4v) is 5.08. The van der Waals surface area contributed by atoms with Crippen molar-refractivity contribution in [1.82, 2.24) is 14.8 Å². The number of hydrogen-bond acceptors (Lipinski definition) is 7. The van der Waals surface area contributed by atoms with Gasteiger partial charge in [0.1, 0.15) is 12.4 Å². The molecule has 2 fully saturated rings. The fourth-order valence-electron chi connectivity index (χ4n) is 5.08. The summed E-state index contributed by atoms with van der Waals surface area (Å²) >= 11 is 0. The SMILES string of the molecule is C[C@@H]1CN(c2cc(B(O)O)ccn2)C[C@H](C)N1CC1CCN(C(=O)OCc2ccccc2)CC1. The second-order valence-electron chi connectivity index (χ2n) is 9.59. The van der Waals surface area contributed by atoms with Crippen LogP contribution < -0.4 is 10.4 Å². The Morgan fingerprint density at radius 1 is 1.09 bits per heavy atom. The molecule has 3 heterocycles. The Labute approximate surface area is 202 Å². The summed E-state index contributed by atoms with van der Waals surface area (Å²) < 4.78 is 5.50. The average molecular weight is 466 g/mol. The monoisotopic (exact) mass is 466 g/mol. The molecule has 1 aromatic carbocycles. The standard InChI is InChI=1S/C25H35BN4O4/c1-19-15-29(24-14-23(26(32)33)8-11-27-24)16-20(2)30(19)17-21-9-12-28(13-10-21)25(31)34-18-22-6-4-3-5-7-22/h3-8,11,14,19-21,32-33H,9-10,12-13,15-18H2,1-2H3/t19-,20+. The highest BCUT2D eigenvalue weighted by atomic mass is 16.6. The minimum atomic E-state index is -1.49. The predicted molar refractivity (Wildman–Crippen MR) is 133 cm³/mol. The smallest absolute Gasteiger partial charge is 0.445 e. The van der Waals surface area contributed by atoms with Gasteiger partial charge in [-0.2, -0.15) is 0 Å². The van der Waals surface area contributed by atoms with Gasteiger partial charge in [0.2, 0.25) is 0 Å². The van der Waals surface area contributed by atoms with Crippen molar-refractivity contribution in [2.24, 2.45) is 5.92 Å². The van der Waals surface area contributed by atoms with Crippen molar-refractivity contribution in [2.75, 3.05) is 37.6 Å². The van der Waals surface area contributed by atoms with Gasteiger partial charge in [-0.25, -0.2) is 9.78 Å². The zero-order valence-corrected chi connectivity index (χ0v) is 20.1. The Morgan fingerprint density at radius 2 is 1.76 bits per heavy atom. The van der Waals surface area contributed by atoms with E-state index in [9.17, 15) is 14.8 Å². The first kappa shape index (κ1) is 24.5. The Morgan fingerprint density at radius 3 is 2.41 bits per heavy atom. The van der Waals surface area contributed by atoms with Crippen molar-refractivity contribution in [3.63, 3.8) is 0 Å². The van der Waals surface area contributed by atoms with E-state index < -0.39 is 7.12 Å². The molecule has 9 heteroatoms. The first-order valence-electron chi connectivity index (χ1n) is 12.2. The normalized spacial score (nSPS) is 22.0. The van der Waals surface area contributed by atoms with Gasteiger partial charge in [0, 0.05) is 51.0 Å². The van der Waals surface area contributed by atoms with Gasteiger partial charge in [0.25, 0.3) is 0 Å². The Hall–Kier alpha value is -2.62. The van der Waals surface area contributed by atoms with Crippen LogP contribution in [0.15, 0.2) is 48.7 Å². The summed E-state index contributed by atoms with van der Waals surface area (Å²) in [4.78, 5) is 23.5. The summed E-state index contributed by atoms with van der Waals surface area (Å²) in [5, 5.41) is 19.0. The average Bonchev–Trinajstić information content (AvgIpc) is 2.85. The van der Waals surface area contributed by atoms with Gasteiger partial charge in [-0.15, -0.1) is 0 Å². The van der Waals surface area contributed by atoms with Crippen molar-refractivity contribution in [1.29, 1.82) is 0 Å². The Kier molecular flexibility index (Phi) is 8.08. The van der Waals surface area contributed by atoms with E-state index in [0.717, 1.165) is 56.9 Å². The summed E-state index contributed by atoms with van der Waals surface area (Å²) in [6, 6.07) is 13.9. The van der Waals surface area contributed by atoms with Crippen molar-refractivity contribution >= 4 is 24.5 Å². The molecule has 1 amide bonds. The Balaban J connectivity index is 1.25. The Bertz CT molecular complexity index is 928. The minimum Gasteiger partial charge on any atom is -0.445 e. The van der Waals surface area contributed by atoms with Gasteiger partial charge in [0.15, 0.2) is 0 Å². The number of likely N-dealkylation sites (tertiary alicyclic amines) is 1. The lowest BCUT2D eigenvalue weighted by molar-refractivity contribution is 0.0628. The minimum absolute atomic E-state index is 0.222. The third kappa shape index (κ3) is 6.08. The third-order valence-electron chi connectivity index (χ3n) is 7.04. The zero-order chi connectivity index (χ0) is 24.1. The number of carbonyl (C=O) groups is 1. The second kappa shape index (κ2) is 11.2. The topological polar surface area (TPSA) is 89.4 Å². The molecule has 8 nitrogen and oxygen atoms in total. The lowest BCUT2D eigenvalue weighted by Crippen LogP contribution is -2.58. The molecule has 0 aliphatic carbocycles. The zero-order valence-electron chi connectivity index (χ0n) is 20.1. The van der Waals surface area contributed by atoms with Gasteiger partial charge in [-0.1, -0.05) is 30.3 Å². The molecule has 2 N–H and O–H groups in total. The van der Waals surface area contributed by atoms with Crippen LogP contribution in [-0.4, -0.2) is 82.9 Å². The van der Waals surface area contributed by atoms with E-state index in [4.69, 9.17) is 4.74 Å². The maximum absolute atomic E-state index is 12.5. The lowest BCUT2D eigenvalue weighted by atomic mass is 9.81. The van der Waals surface area contributed by atoms with Gasteiger partial charge < -0.3 is 24.6 Å². The van der Waals surface area contributed by atoms with E-state index in [-0.39, 0.29) is 6.09 Å². The first-order chi connectivity index (χ1) is 16.4. The molecule has 2 aliphatic rings. The van der Waals surface area contributed by atoms with Crippen LogP contribution in [0.2, 0.25) is 0 Å². The predicted octanol–water partition coefficient (Wildman–Crippen LogP) is 1.71. The molecule has 182 valence electrons. The van der Waals surface area contributed by atoms with Crippen LogP contribution in [0.4, 0.5) is 10.6 Å². The number of rotatable bonds is 6. The third-order valence-corrected chi connectivity index (χ3v) is 7.04. The van der Waals surface area contributed by atoms with Crippen molar-refractivity contribution in [2.45, 2.75) is 45.4 Å². The summed E-state index contributed by atoms with van der Waals surface area (Å²) in [6.45, 7) is 8.97. The number of pyridine rings is 1. The molecule has 1 aromatic heterocycles. The van der Waals surface area contributed by atoms with Gasteiger partial charge in [-0.05, 0) is 55.8 Å². The molecule has 2 saturated heterocycles. The first-order valence-corrected chi connectivity index (χ1v) is 12.2. The number of carbonyl (C=O) groups excluding carboxylic acids is 1. The van der Waals surface area contributed by atoms with Crippen LogP contribution in [0.5, 0.6) is 0 Å². The number of ether oxygens (including phenoxy) is 1. The molecule has 4 rings (SSSR count). The highest BCUT2D eigenvalue weighted by Crippen LogP contribution is 2.25. The van der Waals surface area contributed by atoms with Crippen LogP contribution >= 0.6 is 0 Å². The quantitative estimate of drug-likeness (QED) is 0.627. The molecule has 0 saturated carbocycles. The van der Waals surface area contributed by atoms with E-state index in [2.05, 4.69) is 28.6 Å². The molecular weight excluding hydrogens is 431 g/mol. The maximum atomic E-state index is 12.5. The van der Waals surface area contributed by atoms with Gasteiger partial charge in [0.05, 0.1) is 0 Å². The number of piperidine rings is 1. The summed E-state index contributed by atoms with van der Waals surface area (Å²) in [5.74, 6) is 1.34. The molecule has 0 unspecified atom stereocenters. The van der Waals surface area contributed by atoms with E-state index in [1.807, 2.05) is 35.2 Å². The fraction of sp³-hybridized carbons (Fsp3) is 0.520. The van der Waals surface area contributed by atoms with E-state index in [1.54, 1.807) is 18.3 Å². The molecule has 34 heavy (non-hydrogen) atoms. The van der Waals surface area contributed by atoms with Crippen molar-refractivity contribution in [3.8, 4) is 0 Å². The highest BCUT2D eigenvalue weighted by Gasteiger charge is 2.33. The summed E-state index contributed by atoms with van der Waals surface area (Å²) in [6.07, 6.45) is 3.38. The molecule has 0 bridgehead atoms.